The minimum absolute atomic E-state index is 0.100. The first-order chi connectivity index (χ1) is 25.3. The van der Waals surface area contributed by atoms with E-state index in [9.17, 15) is 26.3 Å². The Bertz CT molecular complexity index is 1600. The van der Waals surface area contributed by atoms with E-state index in [0.717, 1.165) is 57.8 Å². The number of benzene rings is 3. The highest BCUT2D eigenvalue weighted by Crippen LogP contribution is 2.78. The Kier molecular flexibility index (Phi) is 11.8. The van der Waals surface area contributed by atoms with Gasteiger partial charge in [-0.25, -0.2) is 52.7 Å². The summed E-state index contributed by atoms with van der Waals surface area (Å²) in [6.07, 6.45) is 6.01. The molecular formula is C36H36BF12N2OP. The van der Waals surface area contributed by atoms with Crippen molar-refractivity contribution < 1.29 is 57.4 Å². The van der Waals surface area contributed by atoms with Crippen LogP contribution in [0.3, 0.4) is 0 Å². The molecule has 6 rings (SSSR count). The quantitative estimate of drug-likeness (QED) is 0.0532. The van der Waals surface area contributed by atoms with E-state index in [1.165, 1.54) is 0 Å². The zero-order chi connectivity index (χ0) is 38.2. The van der Waals surface area contributed by atoms with Crippen molar-refractivity contribution in [2.24, 2.45) is 10.2 Å². The molecule has 0 unspecified atom stereocenters. The van der Waals surface area contributed by atoms with Gasteiger partial charge < -0.3 is 4.76 Å². The molecule has 0 heterocycles. The maximum absolute atomic E-state index is 16.0. The average Bonchev–Trinajstić information content (AvgIpc) is 3.15. The summed E-state index contributed by atoms with van der Waals surface area (Å²) in [6, 6.07) is -1.12. The van der Waals surface area contributed by atoms with Crippen molar-refractivity contribution in [3.8, 4) is 0 Å². The van der Waals surface area contributed by atoms with Crippen LogP contribution in [0, 0.1) is 69.8 Å². The van der Waals surface area contributed by atoms with Crippen LogP contribution in [0.1, 0.15) is 96.3 Å². The van der Waals surface area contributed by atoms with Crippen molar-refractivity contribution in [3.63, 3.8) is 0 Å². The van der Waals surface area contributed by atoms with Crippen LogP contribution in [0.2, 0.25) is 0 Å². The van der Waals surface area contributed by atoms with Gasteiger partial charge in [0.15, 0.2) is 42.3 Å². The summed E-state index contributed by atoms with van der Waals surface area (Å²) in [5.74, 6) is -29.6. The van der Waals surface area contributed by atoms with Crippen LogP contribution in [0.25, 0.3) is 0 Å². The van der Waals surface area contributed by atoms with Gasteiger partial charge in [-0.15, -0.1) is 0 Å². The van der Waals surface area contributed by atoms with Gasteiger partial charge in [0.2, 0.25) is 0 Å². The van der Waals surface area contributed by atoms with Crippen LogP contribution in [0.5, 0.6) is 0 Å². The second kappa shape index (κ2) is 15.8. The lowest BCUT2D eigenvalue weighted by atomic mass is 9.27. The Morgan fingerprint density at radius 2 is 0.660 bits per heavy atom. The molecule has 0 saturated heterocycles. The summed E-state index contributed by atoms with van der Waals surface area (Å²) in [5, 5.41) is 3.76. The average molecular weight is 782 g/mol. The van der Waals surface area contributed by atoms with Gasteiger partial charge in [0.25, 0.3) is 6.35 Å². The van der Waals surface area contributed by atoms with Crippen LogP contribution in [0.4, 0.5) is 52.7 Å². The smallest absolute Gasteiger partial charge is 0.294 e. The molecule has 3 fully saturated rings. The molecule has 3 saturated carbocycles. The summed E-state index contributed by atoms with van der Waals surface area (Å²) < 4.78 is 191. The van der Waals surface area contributed by atoms with Gasteiger partial charge in [0, 0.05) is 28.4 Å². The predicted octanol–water partition coefficient (Wildman–Crippen LogP) is 10.6. The molecule has 0 bridgehead atoms. The molecule has 3 nitrogen and oxygen atoms in total. The predicted molar refractivity (Wildman–Crippen MR) is 177 cm³/mol. The second-order valence-electron chi connectivity index (χ2n) is 14.4. The maximum Gasteiger partial charge on any atom is 0.294 e. The maximum atomic E-state index is 16.0. The van der Waals surface area contributed by atoms with E-state index < -0.39 is 100.0 Å². The normalized spacial score (nSPS) is 18.6. The van der Waals surface area contributed by atoms with E-state index >= 15 is 26.3 Å². The third-order valence-electron chi connectivity index (χ3n) is 11.5. The van der Waals surface area contributed by atoms with Gasteiger partial charge in [-0.3, -0.25) is 0 Å². The van der Waals surface area contributed by atoms with E-state index in [2.05, 4.69) is 5.28 Å². The first-order valence-corrected chi connectivity index (χ1v) is 19.9. The molecule has 0 spiro atoms. The first kappa shape index (κ1) is 39.4. The van der Waals surface area contributed by atoms with Gasteiger partial charge in [0.1, 0.15) is 34.9 Å². The highest BCUT2D eigenvalue weighted by atomic mass is 31.2. The number of hydrogen-bond donors (Lipinski definition) is 0. The minimum Gasteiger partial charge on any atom is -0.584 e. The molecule has 0 aromatic heterocycles. The molecule has 17 heteroatoms. The molecule has 3 aliphatic carbocycles. The van der Waals surface area contributed by atoms with Crippen LogP contribution in [0.15, 0.2) is 28.4 Å². The largest absolute Gasteiger partial charge is 0.584 e. The van der Waals surface area contributed by atoms with Gasteiger partial charge in [-0.2, -0.15) is 0 Å². The zero-order valence-electron chi connectivity index (χ0n) is 28.4. The van der Waals surface area contributed by atoms with E-state index in [-0.39, 0.29) is 35.2 Å². The van der Waals surface area contributed by atoms with Crippen LogP contribution in [-0.4, -0.2) is 23.3 Å². The fourth-order valence-electron chi connectivity index (χ4n) is 9.19. The molecule has 3 aliphatic rings. The molecule has 0 aliphatic heterocycles. The minimum atomic E-state index is -5.74. The van der Waals surface area contributed by atoms with Gasteiger partial charge in [-0.05, 0) is 77.0 Å². The van der Waals surface area contributed by atoms with E-state index in [1.54, 1.807) is 0 Å². The van der Waals surface area contributed by atoms with E-state index in [0.29, 0.717) is 38.5 Å². The van der Waals surface area contributed by atoms with Gasteiger partial charge in [-0.1, -0.05) is 35.7 Å². The summed E-state index contributed by atoms with van der Waals surface area (Å²) in [7, 11) is -2.88. The van der Waals surface area contributed by atoms with Crippen molar-refractivity contribution in [1.82, 2.24) is 0 Å². The zero-order valence-corrected chi connectivity index (χ0v) is 29.3. The highest BCUT2D eigenvalue weighted by Gasteiger charge is 2.60. The Balaban J connectivity index is 1.74. The van der Waals surface area contributed by atoms with Crippen LogP contribution < -0.4 is 16.4 Å². The third kappa shape index (κ3) is 6.83. The molecule has 3 aromatic carbocycles. The molecule has 3 aromatic rings. The monoisotopic (exact) mass is 782 g/mol. The summed E-state index contributed by atoms with van der Waals surface area (Å²) in [4.78, 5) is 4.73. The number of hydrogen-bond acceptors (Lipinski definition) is 3. The summed E-state index contributed by atoms with van der Waals surface area (Å²) >= 11 is 0. The summed E-state index contributed by atoms with van der Waals surface area (Å²) in [6.45, 7) is 0. The second-order valence-corrected chi connectivity index (χ2v) is 18.3. The number of halogens is 12. The number of nitrogens with zero attached hydrogens (tertiary/aromatic N) is 2. The van der Waals surface area contributed by atoms with E-state index in [1.807, 2.05) is 0 Å². The van der Waals surface area contributed by atoms with Crippen molar-refractivity contribution >= 4 is 30.2 Å². The molecular weight excluding hydrogens is 746 g/mol. The van der Waals surface area contributed by atoms with Crippen molar-refractivity contribution in [2.45, 2.75) is 113 Å². The molecule has 53 heavy (non-hydrogen) atoms. The Morgan fingerprint density at radius 3 is 0.906 bits per heavy atom. The van der Waals surface area contributed by atoms with Gasteiger partial charge in [0.05, 0.1) is 17.0 Å². The Hall–Kier alpha value is -3.29. The van der Waals surface area contributed by atoms with Crippen LogP contribution >= 0.6 is 7.41 Å². The topological polar surface area (TPSA) is 34.0 Å². The van der Waals surface area contributed by atoms with Crippen LogP contribution in [-0.2, 0) is 4.76 Å². The van der Waals surface area contributed by atoms with E-state index in [4.69, 9.17) is 9.64 Å². The molecule has 0 radical (unpaired) electrons. The van der Waals surface area contributed by atoms with Crippen molar-refractivity contribution in [2.75, 3.05) is 0 Å². The SMILES string of the molecule is Fc1cc(F)c(F)c([B-](O/N=N/[P+](C2CCCCC2)(C2CCCCC2)C2CCCCC2)(c2c(F)c(F)cc(F)c2F)c2c(F)c(F)cc(F)c2F)c1F. The molecule has 0 atom stereocenters. The molecule has 0 N–H and O–H groups in total. The fourth-order valence-corrected chi connectivity index (χ4v) is 15.2. The lowest BCUT2D eigenvalue weighted by Gasteiger charge is -2.45. The highest BCUT2D eigenvalue weighted by molar-refractivity contribution is 7.76. The van der Waals surface area contributed by atoms with Crippen molar-refractivity contribution in [3.05, 3.63) is 88.0 Å². The molecule has 0 amide bonds. The standard InChI is InChI=1S/C36H36BF12N2OP/c38-22-16-23(39)32(45)28(31(22)44)37(29-33(46)24(40)17-25(41)34(29)47,30-35(48)26(42)18-27(43)36(30)49)52-50-51-53(19-10-4-1-5-11-19,20-12-6-2-7-13-20)21-14-8-3-9-15-21/h16-21H,1-15H2/b51-50+. The lowest BCUT2D eigenvalue weighted by molar-refractivity contribution is 0.311. The summed E-state index contributed by atoms with van der Waals surface area (Å²) in [5.41, 5.74) is -7.46. The van der Waals surface area contributed by atoms with Crippen molar-refractivity contribution in [1.29, 1.82) is 0 Å². The Labute approximate surface area is 298 Å². The lowest BCUT2D eigenvalue weighted by Crippen LogP contribution is -2.74. The fraction of sp³-hybridized carbons (Fsp3) is 0.500. The third-order valence-corrected chi connectivity index (χ3v) is 17.0. The molecule has 288 valence electrons. The van der Waals surface area contributed by atoms with Gasteiger partial charge >= 0.3 is 0 Å². The number of rotatable bonds is 9. The first-order valence-electron chi connectivity index (χ1n) is 17.9. The Morgan fingerprint density at radius 1 is 0.415 bits per heavy atom.